The van der Waals surface area contributed by atoms with Gasteiger partial charge in [0.1, 0.15) is 5.84 Å². The van der Waals surface area contributed by atoms with Crippen LogP contribution < -0.4 is 5.73 Å². The summed E-state index contributed by atoms with van der Waals surface area (Å²) in [7, 11) is 0. The van der Waals surface area contributed by atoms with Crippen molar-refractivity contribution in [1.29, 1.82) is 0 Å². The van der Waals surface area contributed by atoms with E-state index < -0.39 is 0 Å². The molecule has 0 radical (unpaired) electrons. The van der Waals surface area contributed by atoms with Crippen molar-refractivity contribution in [2.24, 2.45) is 16.1 Å². The molecule has 0 amide bonds. The lowest BCUT2D eigenvalue weighted by molar-refractivity contribution is 0.585. The number of rotatable bonds is 1. The van der Waals surface area contributed by atoms with Crippen molar-refractivity contribution in [3.63, 3.8) is 0 Å². The Hall–Kier alpha value is -1.42. The van der Waals surface area contributed by atoms with Crippen LogP contribution in [0, 0.1) is 5.41 Å². The lowest BCUT2D eigenvalue weighted by atomic mass is 9.95. The number of thiazole rings is 1. The van der Waals surface area contributed by atoms with Crippen molar-refractivity contribution in [3.05, 3.63) is 23.7 Å². The van der Waals surface area contributed by atoms with E-state index in [0.717, 1.165) is 15.9 Å². The SMILES string of the molecule is CC(C)(C)C(N)=Nc1ccc2ncsc2c1. The molecular formula is C12H15N3S. The first-order valence-electron chi connectivity index (χ1n) is 5.15. The minimum Gasteiger partial charge on any atom is -0.387 e. The third-order valence-corrected chi connectivity index (χ3v) is 3.12. The van der Waals surface area contributed by atoms with Crippen molar-refractivity contribution < 1.29 is 0 Å². The van der Waals surface area contributed by atoms with Gasteiger partial charge >= 0.3 is 0 Å². The molecule has 0 bridgehead atoms. The zero-order chi connectivity index (χ0) is 11.8. The molecule has 0 saturated heterocycles. The van der Waals surface area contributed by atoms with Crippen molar-refractivity contribution in [1.82, 2.24) is 4.98 Å². The zero-order valence-corrected chi connectivity index (χ0v) is 10.5. The number of hydrogen-bond donors (Lipinski definition) is 1. The van der Waals surface area contributed by atoms with Crippen LogP contribution >= 0.6 is 11.3 Å². The van der Waals surface area contributed by atoms with E-state index in [9.17, 15) is 0 Å². The van der Waals surface area contributed by atoms with Crippen LogP contribution in [0.2, 0.25) is 0 Å². The van der Waals surface area contributed by atoms with Gasteiger partial charge in [-0.25, -0.2) is 9.98 Å². The highest BCUT2D eigenvalue weighted by molar-refractivity contribution is 7.16. The van der Waals surface area contributed by atoms with Crippen LogP contribution in [0.25, 0.3) is 10.2 Å². The Balaban J connectivity index is 2.41. The van der Waals surface area contributed by atoms with Gasteiger partial charge in [-0.15, -0.1) is 11.3 Å². The van der Waals surface area contributed by atoms with Crippen LogP contribution in [0.4, 0.5) is 5.69 Å². The number of benzene rings is 1. The Morgan fingerprint density at radius 3 is 2.81 bits per heavy atom. The van der Waals surface area contributed by atoms with Gasteiger partial charge in [-0.2, -0.15) is 0 Å². The Kier molecular flexibility index (Phi) is 2.68. The molecule has 0 fully saturated rings. The van der Waals surface area contributed by atoms with Gasteiger partial charge in [-0.1, -0.05) is 20.8 Å². The molecule has 3 nitrogen and oxygen atoms in total. The lowest BCUT2D eigenvalue weighted by Crippen LogP contribution is -2.28. The maximum absolute atomic E-state index is 5.94. The smallest absolute Gasteiger partial charge is 0.105 e. The molecule has 2 aromatic rings. The predicted molar refractivity (Wildman–Crippen MR) is 70.4 cm³/mol. The van der Waals surface area contributed by atoms with Gasteiger partial charge < -0.3 is 5.73 Å². The standard InChI is InChI=1S/C12H15N3S/c1-12(2,3)11(13)15-8-4-5-9-10(6-8)16-7-14-9/h4-7H,1-3H3,(H2,13,15). The van der Waals surface area contributed by atoms with E-state index in [1.165, 1.54) is 0 Å². The highest BCUT2D eigenvalue weighted by Gasteiger charge is 2.15. The minimum absolute atomic E-state index is 0.0946. The molecular weight excluding hydrogens is 218 g/mol. The van der Waals surface area contributed by atoms with E-state index >= 15 is 0 Å². The molecule has 0 spiro atoms. The average molecular weight is 233 g/mol. The van der Waals surface area contributed by atoms with Gasteiger partial charge in [0, 0.05) is 5.41 Å². The number of nitrogens with two attached hydrogens (primary N) is 1. The van der Waals surface area contributed by atoms with Crippen LogP contribution in [0.15, 0.2) is 28.7 Å². The first-order valence-corrected chi connectivity index (χ1v) is 6.03. The highest BCUT2D eigenvalue weighted by atomic mass is 32.1. The second-order valence-corrected chi connectivity index (χ2v) is 5.64. The van der Waals surface area contributed by atoms with Crippen LogP contribution in [0.1, 0.15) is 20.8 Å². The quantitative estimate of drug-likeness (QED) is 0.606. The Morgan fingerprint density at radius 2 is 2.12 bits per heavy atom. The molecule has 0 aliphatic carbocycles. The summed E-state index contributed by atoms with van der Waals surface area (Å²) >= 11 is 1.61. The summed E-state index contributed by atoms with van der Waals surface area (Å²) in [5.41, 5.74) is 9.59. The fraction of sp³-hybridized carbons (Fsp3) is 0.333. The van der Waals surface area contributed by atoms with E-state index in [2.05, 4.69) is 30.7 Å². The number of aliphatic imine (C=N–C) groups is 1. The van der Waals surface area contributed by atoms with Gasteiger partial charge in [-0.3, -0.25) is 0 Å². The molecule has 0 unspecified atom stereocenters. The summed E-state index contributed by atoms with van der Waals surface area (Å²) in [4.78, 5) is 8.66. The van der Waals surface area contributed by atoms with Gasteiger partial charge in [0.25, 0.3) is 0 Å². The molecule has 0 aliphatic heterocycles. The largest absolute Gasteiger partial charge is 0.387 e. The molecule has 0 aliphatic rings. The average Bonchev–Trinajstić information content (AvgIpc) is 2.63. The Morgan fingerprint density at radius 1 is 1.38 bits per heavy atom. The van der Waals surface area contributed by atoms with Crippen LogP contribution in [-0.4, -0.2) is 10.8 Å². The molecule has 84 valence electrons. The maximum Gasteiger partial charge on any atom is 0.105 e. The van der Waals surface area contributed by atoms with E-state index in [1.54, 1.807) is 11.3 Å². The summed E-state index contributed by atoms with van der Waals surface area (Å²) in [6.07, 6.45) is 0. The molecule has 1 aromatic heterocycles. The predicted octanol–water partition coefficient (Wildman–Crippen LogP) is 3.33. The first kappa shape index (κ1) is 11.1. The van der Waals surface area contributed by atoms with Gasteiger partial charge in [0.05, 0.1) is 21.4 Å². The van der Waals surface area contributed by atoms with E-state index in [1.807, 2.05) is 23.7 Å². The topological polar surface area (TPSA) is 51.3 Å². The fourth-order valence-corrected chi connectivity index (χ4v) is 1.93. The number of fused-ring (bicyclic) bond motifs is 1. The van der Waals surface area contributed by atoms with Crippen LogP contribution in [-0.2, 0) is 0 Å². The molecule has 0 atom stereocenters. The number of amidine groups is 1. The van der Waals surface area contributed by atoms with Crippen molar-refractivity contribution in [2.45, 2.75) is 20.8 Å². The number of hydrogen-bond acceptors (Lipinski definition) is 3. The van der Waals surface area contributed by atoms with Gasteiger partial charge in [-0.05, 0) is 18.2 Å². The second kappa shape index (κ2) is 3.87. The molecule has 1 heterocycles. The second-order valence-electron chi connectivity index (χ2n) is 4.75. The van der Waals surface area contributed by atoms with Crippen LogP contribution in [0.3, 0.4) is 0 Å². The highest BCUT2D eigenvalue weighted by Crippen LogP contribution is 2.25. The van der Waals surface area contributed by atoms with Crippen LogP contribution in [0.5, 0.6) is 0 Å². The first-order chi connectivity index (χ1) is 7.47. The van der Waals surface area contributed by atoms with Gasteiger partial charge in [0.2, 0.25) is 0 Å². The van der Waals surface area contributed by atoms with Crippen molar-refractivity contribution >= 4 is 33.1 Å². The lowest BCUT2D eigenvalue weighted by Gasteiger charge is -2.17. The molecule has 0 saturated carbocycles. The maximum atomic E-state index is 5.94. The van der Waals surface area contributed by atoms with E-state index in [-0.39, 0.29) is 5.41 Å². The summed E-state index contributed by atoms with van der Waals surface area (Å²) in [5, 5.41) is 0. The minimum atomic E-state index is -0.0946. The normalized spacial score (nSPS) is 13.3. The Labute approximate surface area is 99.0 Å². The monoisotopic (exact) mass is 233 g/mol. The summed E-state index contributed by atoms with van der Waals surface area (Å²) < 4.78 is 1.14. The third-order valence-electron chi connectivity index (χ3n) is 2.33. The molecule has 1 aromatic carbocycles. The number of aromatic nitrogens is 1. The van der Waals surface area contributed by atoms with E-state index in [4.69, 9.17) is 5.73 Å². The summed E-state index contributed by atoms with van der Waals surface area (Å²) in [5.74, 6) is 0.649. The van der Waals surface area contributed by atoms with Crippen molar-refractivity contribution in [2.75, 3.05) is 0 Å². The summed E-state index contributed by atoms with van der Waals surface area (Å²) in [6.45, 7) is 6.16. The Bertz CT molecular complexity index is 534. The molecule has 16 heavy (non-hydrogen) atoms. The number of nitrogens with zero attached hydrogens (tertiary/aromatic N) is 2. The zero-order valence-electron chi connectivity index (χ0n) is 9.69. The molecule has 2 N–H and O–H groups in total. The molecule has 4 heteroatoms. The fourth-order valence-electron chi connectivity index (χ4n) is 1.22. The third kappa shape index (κ3) is 2.22. The van der Waals surface area contributed by atoms with Crippen molar-refractivity contribution in [3.8, 4) is 0 Å². The van der Waals surface area contributed by atoms with E-state index in [0.29, 0.717) is 5.84 Å². The molecule has 2 rings (SSSR count). The summed E-state index contributed by atoms with van der Waals surface area (Å²) in [6, 6.07) is 5.94. The van der Waals surface area contributed by atoms with Gasteiger partial charge in [0.15, 0.2) is 0 Å².